The first-order valence-electron chi connectivity index (χ1n) is 11.3. The van der Waals surface area contributed by atoms with E-state index < -0.39 is 0 Å². The molecule has 7 heteroatoms. The van der Waals surface area contributed by atoms with Crippen LogP contribution in [0, 0.1) is 0 Å². The van der Waals surface area contributed by atoms with E-state index in [4.69, 9.17) is 31.2 Å². The molecule has 36 heavy (non-hydrogen) atoms. The Morgan fingerprint density at radius 1 is 0.639 bits per heavy atom. The minimum absolute atomic E-state index is 0.468. The molecule has 0 aliphatic carbocycles. The zero-order valence-electron chi connectivity index (χ0n) is 20.6. The number of anilines is 2. The van der Waals surface area contributed by atoms with E-state index in [0.29, 0.717) is 28.1 Å². The average molecular weight is 501 g/mol. The normalized spacial score (nSPS) is 10.8. The molecule has 0 spiro atoms. The van der Waals surface area contributed by atoms with Crippen molar-refractivity contribution in [2.45, 2.75) is 0 Å². The Morgan fingerprint density at radius 3 is 1.97 bits per heavy atom. The summed E-state index contributed by atoms with van der Waals surface area (Å²) < 4.78 is 21.9. The Hall–Kier alpha value is -4.23. The van der Waals surface area contributed by atoms with Crippen LogP contribution in [0.25, 0.3) is 22.9 Å². The molecule has 6 nitrogen and oxygen atoms in total. The lowest BCUT2D eigenvalue weighted by Gasteiger charge is -2.15. The van der Waals surface area contributed by atoms with Crippen molar-refractivity contribution < 1.29 is 18.9 Å². The van der Waals surface area contributed by atoms with Crippen LogP contribution in [-0.4, -0.2) is 33.6 Å². The molecule has 184 valence electrons. The van der Waals surface area contributed by atoms with E-state index in [1.165, 1.54) is 0 Å². The third-order valence-electron chi connectivity index (χ3n) is 5.66. The summed E-state index contributed by atoms with van der Waals surface area (Å²) in [4.78, 5) is 0. The second-order valence-corrected chi connectivity index (χ2v) is 8.27. The third kappa shape index (κ3) is 5.53. The highest BCUT2D eigenvalue weighted by Crippen LogP contribution is 2.38. The Kier molecular flexibility index (Phi) is 7.92. The van der Waals surface area contributed by atoms with Gasteiger partial charge in [-0.25, -0.2) is 0 Å². The van der Waals surface area contributed by atoms with Gasteiger partial charge in [-0.05, 0) is 59.1 Å². The zero-order chi connectivity index (χ0) is 25.5. The van der Waals surface area contributed by atoms with Gasteiger partial charge < -0.3 is 29.6 Å². The third-order valence-corrected chi connectivity index (χ3v) is 5.87. The summed E-state index contributed by atoms with van der Waals surface area (Å²) in [6.45, 7) is 0. The van der Waals surface area contributed by atoms with Crippen LogP contribution in [0.4, 0.5) is 11.4 Å². The minimum atomic E-state index is 0.468. The van der Waals surface area contributed by atoms with Gasteiger partial charge in [-0.1, -0.05) is 54.6 Å². The summed E-state index contributed by atoms with van der Waals surface area (Å²) in [6, 6.07) is 23.9. The van der Waals surface area contributed by atoms with Gasteiger partial charge in [0.15, 0.2) is 16.6 Å². The number of thiocarbonyl (C=S) groups is 1. The monoisotopic (exact) mass is 500 g/mol. The van der Waals surface area contributed by atoms with Crippen LogP contribution < -0.4 is 29.6 Å². The number of ether oxygens (including phenoxy) is 4. The van der Waals surface area contributed by atoms with Crippen molar-refractivity contribution in [3.8, 4) is 23.0 Å². The highest BCUT2D eigenvalue weighted by atomic mass is 32.1. The molecule has 0 atom stereocenters. The van der Waals surface area contributed by atoms with Crippen LogP contribution in [0.3, 0.4) is 0 Å². The molecule has 0 saturated heterocycles. The van der Waals surface area contributed by atoms with Crippen LogP contribution in [0.2, 0.25) is 0 Å². The molecular weight excluding hydrogens is 472 g/mol. The van der Waals surface area contributed by atoms with E-state index in [1.54, 1.807) is 28.4 Å². The Morgan fingerprint density at radius 2 is 1.28 bits per heavy atom. The maximum Gasteiger partial charge on any atom is 0.203 e. The molecule has 4 aromatic carbocycles. The fourth-order valence-corrected chi connectivity index (χ4v) is 4.15. The van der Waals surface area contributed by atoms with Gasteiger partial charge in [0.1, 0.15) is 5.75 Å². The average Bonchev–Trinajstić information content (AvgIpc) is 2.91. The van der Waals surface area contributed by atoms with Crippen molar-refractivity contribution in [1.29, 1.82) is 0 Å². The van der Waals surface area contributed by atoms with Gasteiger partial charge >= 0.3 is 0 Å². The van der Waals surface area contributed by atoms with Gasteiger partial charge in [-0.2, -0.15) is 0 Å². The molecule has 0 bridgehead atoms. The Balaban J connectivity index is 1.56. The lowest BCUT2D eigenvalue weighted by Crippen LogP contribution is -2.19. The topological polar surface area (TPSA) is 61.0 Å². The van der Waals surface area contributed by atoms with Crippen molar-refractivity contribution in [3.63, 3.8) is 0 Å². The van der Waals surface area contributed by atoms with Crippen LogP contribution in [0.15, 0.2) is 72.8 Å². The second-order valence-electron chi connectivity index (χ2n) is 7.86. The zero-order valence-corrected chi connectivity index (χ0v) is 21.4. The summed E-state index contributed by atoms with van der Waals surface area (Å²) >= 11 is 5.62. The SMILES string of the molecule is COc1ccc(/C=C\c2cc(OC)c(OC)c(OC)c2)cc1NC(=S)Nc1cccc2ccccc12. The summed E-state index contributed by atoms with van der Waals surface area (Å²) in [5.74, 6) is 2.43. The molecule has 2 N–H and O–H groups in total. The first-order valence-corrected chi connectivity index (χ1v) is 11.7. The van der Waals surface area contributed by atoms with Crippen molar-refractivity contribution >= 4 is 51.6 Å². The summed E-state index contributed by atoms with van der Waals surface area (Å²) in [7, 11) is 6.41. The van der Waals surface area contributed by atoms with Crippen molar-refractivity contribution in [2.75, 3.05) is 39.1 Å². The predicted octanol–water partition coefficient (Wildman–Crippen LogP) is 6.85. The van der Waals surface area contributed by atoms with Crippen molar-refractivity contribution in [2.24, 2.45) is 0 Å². The van der Waals surface area contributed by atoms with Crippen LogP contribution in [0.5, 0.6) is 23.0 Å². The lowest BCUT2D eigenvalue weighted by atomic mass is 10.1. The van der Waals surface area contributed by atoms with Gasteiger partial charge in [0.05, 0.1) is 34.1 Å². The van der Waals surface area contributed by atoms with Gasteiger partial charge in [-0.15, -0.1) is 0 Å². The largest absolute Gasteiger partial charge is 0.495 e. The first-order chi connectivity index (χ1) is 17.6. The highest BCUT2D eigenvalue weighted by molar-refractivity contribution is 7.80. The number of hydrogen-bond donors (Lipinski definition) is 2. The Bertz CT molecular complexity index is 1390. The highest BCUT2D eigenvalue weighted by Gasteiger charge is 2.12. The van der Waals surface area contributed by atoms with Crippen molar-refractivity contribution in [3.05, 3.63) is 83.9 Å². The molecule has 0 heterocycles. The molecule has 4 aromatic rings. The van der Waals surface area contributed by atoms with E-state index in [-0.39, 0.29) is 0 Å². The van der Waals surface area contributed by atoms with Gasteiger partial charge in [-0.3, -0.25) is 0 Å². The summed E-state index contributed by atoms with van der Waals surface area (Å²) in [5, 5.41) is 9.28. The number of methoxy groups -OCH3 is 4. The molecule has 0 radical (unpaired) electrons. The first kappa shape index (κ1) is 24.9. The second kappa shape index (κ2) is 11.5. The van der Waals surface area contributed by atoms with Crippen LogP contribution in [-0.2, 0) is 0 Å². The molecule has 0 fully saturated rings. The van der Waals surface area contributed by atoms with Gasteiger partial charge in [0.25, 0.3) is 0 Å². The molecular formula is C29H28N2O4S. The number of hydrogen-bond acceptors (Lipinski definition) is 5. The van der Waals surface area contributed by atoms with E-state index in [0.717, 1.165) is 33.3 Å². The van der Waals surface area contributed by atoms with Crippen LogP contribution >= 0.6 is 12.2 Å². The lowest BCUT2D eigenvalue weighted by molar-refractivity contribution is 0.324. The maximum absolute atomic E-state index is 5.62. The molecule has 0 aromatic heterocycles. The standard InChI is InChI=1S/C29H28N2O4S/c1-32-25-15-14-19(12-13-20-17-26(33-2)28(35-4)27(18-20)34-3)16-24(25)31-29(36)30-23-11-7-9-21-8-5-6-10-22(21)23/h5-18H,1-4H3,(H2,30,31,36)/b13-12-. The molecule has 0 aliphatic rings. The molecule has 0 saturated carbocycles. The maximum atomic E-state index is 5.62. The summed E-state index contributed by atoms with van der Waals surface area (Å²) in [6.07, 6.45) is 3.97. The van der Waals surface area contributed by atoms with Gasteiger partial charge in [0, 0.05) is 11.1 Å². The van der Waals surface area contributed by atoms with E-state index in [9.17, 15) is 0 Å². The predicted molar refractivity (Wildman–Crippen MR) is 152 cm³/mol. The fraction of sp³-hybridized carbons (Fsp3) is 0.138. The number of nitrogens with one attached hydrogen (secondary N) is 2. The molecule has 0 amide bonds. The quantitative estimate of drug-likeness (QED) is 0.203. The smallest absolute Gasteiger partial charge is 0.203 e. The Labute approximate surface area is 216 Å². The molecule has 0 unspecified atom stereocenters. The van der Waals surface area contributed by atoms with E-state index >= 15 is 0 Å². The van der Waals surface area contributed by atoms with E-state index in [1.807, 2.05) is 66.7 Å². The number of fused-ring (bicyclic) bond motifs is 1. The number of benzene rings is 4. The fourth-order valence-electron chi connectivity index (χ4n) is 3.93. The van der Waals surface area contributed by atoms with Crippen LogP contribution in [0.1, 0.15) is 11.1 Å². The summed E-state index contributed by atoms with van der Waals surface area (Å²) in [5.41, 5.74) is 3.55. The van der Waals surface area contributed by atoms with Crippen molar-refractivity contribution in [1.82, 2.24) is 0 Å². The van der Waals surface area contributed by atoms with E-state index in [2.05, 4.69) is 28.8 Å². The molecule has 0 aliphatic heterocycles. The molecule has 4 rings (SSSR count). The minimum Gasteiger partial charge on any atom is -0.495 e. The number of rotatable bonds is 8. The van der Waals surface area contributed by atoms with Gasteiger partial charge in [0.2, 0.25) is 5.75 Å².